The van der Waals surface area contributed by atoms with E-state index in [0.717, 1.165) is 39.1 Å². The molecule has 0 atom stereocenters. The van der Waals surface area contributed by atoms with Crippen LogP contribution in [-0.4, -0.2) is 25.2 Å². The molecule has 0 aliphatic rings. The van der Waals surface area contributed by atoms with E-state index in [0.29, 0.717) is 17.0 Å². The highest BCUT2D eigenvalue weighted by Gasteiger charge is 2.12. The van der Waals surface area contributed by atoms with Crippen molar-refractivity contribution in [2.24, 2.45) is 0 Å². The number of aromatic nitrogens is 1. The van der Waals surface area contributed by atoms with Crippen molar-refractivity contribution in [3.05, 3.63) is 71.3 Å². The highest BCUT2D eigenvalue weighted by molar-refractivity contribution is 5.90. The SMILES string of the molecule is COC(=O)c1ccc(-c2nc3ccc(-c4cc(C)c(OC)c(C)c4)cc3o2)cc1. The van der Waals surface area contributed by atoms with Crippen molar-refractivity contribution in [2.45, 2.75) is 13.8 Å². The lowest BCUT2D eigenvalue weighted by Gasteiger charge is -2.11. The third kappa shape index (κ3) is 3.47. The number of carbonyl (C=O) groups is 1. The fourth-order valence-corrected chi connectivity index (χ4v) is 3.53. The van der Waals surface area contributed by atoms with Gasteiger partial charge >= 0.3 is 5.97 Å². The van der Waals surface area contributed by atoms with Gasteiger partial charge in [-0.2, -0.15) is 0 Å². The van der Waals surface area contributed by atoms with Crippen LogP contribution in [0.5, 0.6) is 5.75 Å². The number of rotatable bonds is 4. The summed E-state index contributed by atoms with van der Waals surface area (Å²) in [5.74, 6) is 1.05. The number of nitrogens with zero attached hydrogens (tertiary/aromatic N) is 1. The summed E-state index contributed by atoms with van der Waals surface area (Å²) >= 11 is 0. The monoisotopic (exact) mass is 387 g/mol. The number of carbonyl (C=O) groups excluding carboxylic acids is 1. The number of hydrogen-bond donors (Lipinski definition) is 0. The smallest absolute Gasteiger partial charge is 0.337 e. The maximum atomic E-state index is 11.6. The Balaban J connectivity index is 1.71. The van der Waals surface area contributed by atoms with Crippen molar-refractivity contribution in [3.63, 3.8) is 0 Å². The van der Waals surface area contributed by atoms with Crippen LogP contribution in [0.15, 0.2) is 59.0 Å². The van der Waals surface area contributed by atoms with Gasteiger partial charge in [-0.3, -0.25) is 0 Å². The van der Waals surface area contributed by atoms with Crippen LogP contribution in [0.25, 0.3) is 33.7 Å². The van der Waals surface area contributed by atoms with Crippen LogP contribution in [0, 0.1) is 13.8 Å². The Bertz CT molecular complexity index is 1180. The van der Waals surface area contributed by atoms with E-state index in [4.69, 9.17) is 13.9 Å². The zero-order chi connectivity index (χ0) is 20.5. The molecule has 4 aromatic rings. The van der Waals surface area contributed by atoms with E-state index in [1.54, 1.807) is 31.4 Å². The molecule has 146 valence electrons. The molecule has 1 aromatic heterocycles. The van der Waals surface area contributed by atoms with Gasteiger partial charge in [0.05, 0.1) is 19.8 Å². The maximum absolute atomic E-state index is 11.6. The first-order chi connectivity index (χ1) is 14.0. The van der Waals surface area contributed by atoms with Crippen molar-refractivity contribution in [1.82, 2.24) is 4.98 Å². The van der Waals surface area contributed by atoms with Crippen LogP contribution in [-0.2, 0) is 4.74 Å². The summed E-state index contributed by atoms with van der Waals surface area (Å²) in [6.07, 6.45) is 0. The summed E-state index contributed by atoms with van der Waals surface area (Å²) < 4.78 is 16.2. The first kappa shape index (κ1) is 18.7. The van der Waals surface area contributed by atoms with Crippen molar-refractivity contribution in [1.29, 1.82) is 0 Å². The van der Waals surface area contributed by atoms with E-state index in [1.165, 1.54) is 7.11 Å². The second kappa shape index (κ2) is 7.43. The number of aryl methyl sites for hydroxylation is 2. The van der Waals surface area contributed by atoms with Crippen LogP contribution in [0.1, 0.15) is 21.5 Å². The molecule has 5 nitrogen and oxygen atoms in total. The fourth-order valence-electron chi connectivity index (χ4n) is 3.53. The predicted octanol–water partition coefficient (Wildman–Crippen LogP) is 5.57. The van der Waals surface area contributed by atoms with Crippen LogP contribution in [0.3, 0.4) is 0 Å². The van der Waals surface area contributed by atoms with Gasteiger partial charge in [-0.15, -0.1) is 0 Å². The number of benzene rings is 3. The summed E-state index contributed by atoms with van der Waals surface area (Å²) in [6.45, 7) is 4.08. The molecule has 0 aliphatic carbocycles. The number of esters is 1. The molecular formula is C24H21NO4. The number of methoxy groups -OCH3 is 2. The lowest BCUT2D eigenvalue weighted by molar-refractivity contribution is 0.0600. The van der Waals surface area contributed by atoms with E-state index >= 15 is 0 Å². The molecule has 0 unspecified atom stereocenters. The molecule has 3 aromatic carbocycles. The molecule has 0 spiro atoms. The summed E-state index contributed by atoms with van der Waals surface area (Å²) in [6, 6.07) is 17.2. The summed E-state index contributed by atoms with van der Waals surface area (Å²) in [4.78, 5) is 16.2. The van der Waals surface area contributed by atoms with Gasteiger partial charge in [-0.1, -0.05) is 6.07 Å². The minimum absolute atomic E-state index is 0.371. The molecular weight excluding hydrogens is 366 g/mol. The van der Waals surface area contributed by atoms with Crippen molar-refractivity contribution in [2.75, 3.05) is 14.2 Å². The van der Waals surface area contributed by atoms with Gasteiger partial charge in [0.25, 0.3) is 0 Å². The fraction of sp³-hybridized carbons (Fsp3) is 0.167. The number of fused-ring (bicyclic) bond motifs is 1. The van der Waals surface area contributed by atoms with Crippen molar-refractivity contribution in [3.8, 4) is 28.3 Å². The summed E-state index contributed by atoms with van der Waals surface area (Å²) in [5, 5.41) is 0. The lowest BCUT2D eigenvalue weighted by Crippen LogP contribution is -2.00. The number of oxazole rings is 1. The Labute approximate surface area is 168 Å². The summed E-state index contributed by atoms with van der Waals surface area (Å²) in [7, 11) is 3.05. The summed E-state index contributed by atoms with van der Waals surface area (Å²) in [5.41, 5.74) is 7.10. The van der Waals surface area contributed by atoms with E-state index in [2.05, 4.69) is 17.1 Å². The van der Waals surface area contributed by atoms with Crippen molar-refractivity contribution >= 4 is 17.1 Å². The largest absolute Gasteiger partial charge is 0.496 e. The van der Waals surface area contributed by atoms with Crippen LogP contribution < -0.4 is 4.74 Å². The minimum Gasteiger partial charge on any atom is -0.496 e. The van der Waals surface area contributed by atoms with Crippen LogP contribution >= 0.6 is 0 Å². The van der Waals surface area contributed by atoms with E-state index < -0.39 is 0 Å². The van der Waals surface area contributed by atoms with Gasteiger partial charge in [0, 0.05) is 5.56 Å². The quantitative estimate of drug-likeness (QED) is 0.428. The second-order valence-corrected chi connectivity index (χ2v) is 6.91. The minimum atomic E-state index is -0.371. The van der Waals surface area contributed by atoms with Gasteiger partial charge < -0.3 is 13.9 Å². The lowest BCUT2D eigenvalue weighted by atomic mass is 9.99. The Morgan fingerprint density at radius 3 is 2.14 bits per heavy atom. The Kier molecular flexibility index (Phi) is 4.80. The molecule has 1 heterocycles. The molecule has 4 rings (SSSR count). The average molecular weight is 387 g/mol. The van der Waals surface area contributed by atoms with E-state index in [9.17, 15) is 4.79 Å². The standard InChI is InChI=1S/C24H21NO4/c1-14-11-19(12-15(2)22(14)27-3)18-9-10-20-21(13-18)29-23(25-20)16-5-7-17(8-6-16)24(26)28-4/h5-13H,1-4H3. The molecule has 0 N–H and O–H groups in total. The topological polar surface area (TPSA) is 61.6 Å². The molecule has 29 heavy (non-hydrogen) atoms. The first-order valence-electron chi connectivity index (χ1n) is 9.25. The van der Waals surface area contributed by atoms with E-state index in [1.807, 2.05) is 32.0 Å². The molecule has 0 saturated carbocycles. The maximum Gasteiger partial charge on any atom is 0.337 e. The zero-order valence-electron chi connectivity index (χ0n) is 16.8. The molecule has 0 aliphatic heterocycles. The molecule has 0 bridgehead atoms. The zero-order valence-corrected chi connectivity index (χ0v) is 16.8. The van der Waals surface area contributed by atoms with Gasteiger partial charge in [0.1, 0.15) is 11.3 Å². The third-order valence-corrected chi connectivity index (χ3v) is 4.94. The average Bonchev–Trinajstić information content (AvgIpc) is 3.16. The van der Waals surface area contributed by atoms with Gasteiger partial charge in [-0.25, -0.2) is 9.78 Å². The number of ether oxygens (including phenoxy) is 2. The van der Waals surface area contributed by atoms with Gasteiger partial charge in [-0.05, 0) is 84.6 Å². The van der Waals surface area contributed by atoms with Crippen LogP contribution in [0.2, 0.25) is 0 Å². The number of hydrogen-bond acceptors (Lipinski definition) is 5. The normalized spacial score (nSPS) is 10.9. The van der Waals surface area contributed by atoms with E-state index in [-0.39, 0.29) is 5.97 Å². The Morgan fingerprint density at radius 2 is 1.52 bits per heavy atom. The van der Waals surface area contributed by atoms with Crippen molar-refractivity contribution < 1.29 is 18.7 Å². The Morgan fingerprint density at radius 1 is 0.862 bits per heavy atom. The molecule has 0 amide bonds. The molecule has 0 fully saturated rings. The molecule has 5 heteroatoms. The third-order valence-electron chi connectivity index (χ3n) is 4.94. The highest BCUT2D eigenvalue weighted by atomic mass is 16.5. The van der Waals surface area contributed by atoms with Gasteiger partial charge in [0.15, 0.2) is 5.58 Å². The predicted molar refractivity (Wildman–Crippen MR) is 112 cm³/mol. The Hall–Kier alpha value is -3.60. The highest BCUT2D eigenvalue weighted by Crippen LogP contribution is 2.32. The van der Waals surface area contributed by atoms with Crippen LogP contribution in [0.4, 0.5) is 0 Å². The first-order valence-corrected chi connectivity index (χ1v) is 9.25. The molecule has 0 saturated heterocycles. The second-order valence-electron chi connectivity index (χ2n) is 6.91. The van der Waals surface area contributed by atoms with Gasteiger partial charge in [0.2, 0.25) is 5.89 Å². The molecule has 0 radical (unpaired) electrons.